The molecule has 0 fully saturated rings. The Morgan fingerprint density at radius 2 is 0.806 bits per heavy atom. The molecule has 12 rings (SSSR count). The minimum atomic E-state index is 1.10. The molecule has 0 N–H and O–H groups in total. The lowest BCUT2D eigenvalue weighted by Crippen LogP contribution is -2.10. The molecule has 0 aliphatic carbocycles. The summed E-state index contributed by atoms with van der Waals surface area (Å²) in [6.45, 7) is 0. The van der Waals surface area contributed by atoms with Gasteiger partial charge in [-0.3, -0.25) is 0 Å². The second-order valence-electron chi connectivity index (χ2n) is 16.1. The van der Waals surface area contributed by atoms with Crippen molar-refractivity contribution in [3.63, 3.8) is 0 Å². The molecule has 0 amide bonds. The van der Waals surface area contributed by atoms with Gasteiger partial charge in [0.1, 0.15) is 0 Å². The van der Waals surface area contributed by atoms with Crippen LogP contribution in [0, 0.1) is 0 Å². The van der Waals surface area contributed by atoms with Gasteiger partial charge >= 0.3 is 0 Å². The predicted molar refractivity (Wildman–Crippen MR) is 264 cm³/mol. The number of fused-ring (bicyclic) bond motifs is 7. The molecule has 12 aromatic rings. The molecule has 0 atom stereocenters. The highest BCUT2D eigenvalue weighted by Crippen LogP contribution is 2.47. The molecule has 0 spiro atoms. The van der Waals surface area contributed by atoms with Crippen molar-refractivity contribution in [2.24, 2.45) is 0 Å². The molecule has 0 saturated carbocycles. The minimum absolute atomic E-state index is 1.10. The molecule has 1 heterocycles. The van der Waals surface area contributed by atoms with Crippen LogP contribution in [0.5, 0.6) is 0 Å². The van der Waals surface area contributed by atoms with Crippen LogP contribution in [0.25, 0.3) is 93.2 Å². The van der Waals surface area contributed by atoms with Crippen LogP contribution in [-0.2, 0) is 0 Å². The van der Waals surface area contributed by atoms with Gasteiger partial charge in [0.25, 0.3) is 0 Å². The van der Waals surface area contributed by atoms with E-state index in [2.05, 4.69) is 252 Å². The molecule has 290 valence electrons. The van der Waals surface area contributed by atoms with Crippen molar-refractivity contribution < 1.29 is 0 Å². The molecular weight excluding hydrogens is 749 g/mol. The van der Waals surface area contributed by atoms with Gasteiger partial charge in [-0.2, -0.15) is 0 Å². The van der Waals surface area contributed by atoms with Crippen LogP contribution in [0.3, 0.4) is 0 Å². The van der Waals surface area contributed by atoms with Crippen molar-refractivity contribution in [3.05, 3.63) is 243 Å². The topological polar surface area (TPSA) is 8.17 Å². The van der Waals surface area contributed by atoms with Crippen molar-refractivity contribution in [3.8, 4) is 39.1 Å². The first kappa shape index (κ1) is 35.7. The summed E-state index contributed by atoms with van der Waals surface area (Å²) in [4.78, 5) is 2.42. The Morgan fingerprint density at radius 1 is 0.274 bits per heavy atom. The summed E-state index contributed by atoms with van der Waals surface area (Å²) in [6, 6.07) is 88.5. The van der Waals surface area contributed by atoms with Crippen LogP contribution in [0.1, 0.15) is 0 Å². The Morgan fingerprint density at radius 3 is 1.55 bits per heavy atom. The van der Waals surface area contributed by atoms with Gasteiger partial charge < -0.3 is 9.47 Å². The lowest BCUT2D eigenvalue weighted by Gasteiger charge is -2.27. The molecule has 0 saturated heterocycles. The average Bonchev–Trinajstić information content (AvgIpc) is 3.68. The quantitative estimate of drug-likeness (QED) is 0.146. The molecule has 0 radical (unpaired) electrons. The van der Waals surface area contributed by atoms with Gasteiger partial charge in [0, 0.05) is 33.2 Å². The largest absolute Gasteiger partial charge is 0.310 e. The fourth-order valence-electron chi connectivity index (χ4n) is 9.77. The van der Waals surface area contributed by atoms with E-state index in [0.29, 0.717) is 0 Å². The number of para-hydroxylation sites is 2. The number of hydrogen-bond donors (Lipinski definition) is 0. The summed E-state index contributed by atoms with van der Waals surface area (Å²) in [5, 5.41) is 9.89. The zero-order chi connectivity index (χ0) is 41.0. The summed E-state index contributed by atoms with van der Waals surface area (Å²) in [6.07, 6.45) is 0. The van der Waals surface area contributed by atoms with Crippen molar-refractivity contribution in [2.75, 3.05) is 4.90 Å². The van der Waals surface area contributed by atoms with E-state index in [0.717, 1.165) is 22.7 Å². The van der Waals surface area contributed by atoms with Crippen molar-refractivity contribution in [1.82, 2.24) is 4.57 Å². The van der Waals surface area contributed by atoms with E-state index < -0.39 is 0 Å². The third-order valence-electron chi connectivity index (χ3n) is 12.5. The SMILES string of the molecule is c1ccc(-c2c(-c3ccccc3)c3cc(-c4ccc(N(c5ccc6c(c5)c5ccccc5n6-c5ccccc5)c5cccc6ccccc56)cc4)ccc3c3ccccc23)cc1. The van der Waals surface area contributed by atoms with Crippen LogP contribution in [0.15, 0.2) is 243 Å². The number of rotatable bonds is 7. The highest BCUT2D eigenvalue weighted by atomic mass is 15.1. The maximum atomic E-state index is 2.42. The van der Waals surface area contributed by atoms with Crippen LogP contribution in [-0.4, -0.2) is 4.57 Å². The first-order valence-corrected chi connectivity index (χ1v) is 21.3. The van der Waals surface area contributed by atoms with Gasteiger partial charge in [0.15, 0.2) is 0 Å². The predicted octanol–water partition coefficient (Wildman–Crippen LogP) is 16.7. The van der Waals surface area contributed by atoms with E-state index in [9.17, 15) is 0 Å². The molecule has 1 aromatic heterocycles. The fourth-order valence-corrected chi connectivity index (χ4v) is 9.77. The molecule has 62 heavy (non-hydrogen) atoms. The third-order valence-corrected chi connectivity index (χ3v) is 12.5. The highest BCUT2D eigenvalue weighted by molar-refractivity contribution is 6.22. The Hall–Kier alpha value is -8.20. The minimum Gasteiger partial charge on any atom is -0.310 e. The molecule has 11 aromatic carbocycles. The van der Waals surface area contributed by atoms with Crippen LogP contribution in [0.4, 0.5) is 17.1 Å². The lowest BCUT2D eigenvalue weighted by atomic mass is 9.84. The second kappa shape index (κ2) is 14.8. The van der Waals surface area contributed by atoms with Crippen LogP contribution >= 0.6 is 0 Å². The molecular formula is C60H40N2. The number of anilines is 3. The maximum absolute atomic E-state index is 2.42. The smallest absolute Gasteiger partial charge is 0.0542 e. The van der Waals surface area contributed by atoms with Gasteiger partial charge in [0.05, 0.1) is 16.7 Å². The van der Waals surface area contributed by atoms with Crippen molar-refractivity contribution in [1.29, 1.82) is 0 Å². The lowest BCUT2D eigenvalue weighted by molar-refractivity contribution is 1.18. The maximum Gasteiger partial charge on any atom is 0.0542 e. The van der Waals surface area contributed by atoms with E-state index >= 15 is 0 Å². The van der Waals surface area contributed by atoms with Gasteiger partial charge in [0.2, 0.25) is 0 Å². The molecule has 2 heteroatoms. The van der Waals surface area contributed by atoms with Gasteiger partial charge in [-0.05, 0) is 121 Å². The summed E-state index contributed by atoms with van der Waals surface area (Å²) in [5.74, 6) is 0. The molecule has 0 aliphatic heterocycles. The zero-order valence-corrected chi connectivity index (χ0v) is 34.0. The zero-order valence-electron chi connectivity index (χ0n) is 34.0. The normalized spacial score (nSPS) is 11.5. The molecule has 0 bridgehead atoms. The highest BCUT2D eigenvalue weighted by Gasteiger charge is 2.21. The number of hydrogen-bond acceptors (Lipinski definition) is 1. The third kappa shape index (κ3) is 5.88. The number of benzene rings is 11. The van der Waals surface area contributed by atoms with Gasteiger partial charge in [-0.1, -0.05) is 182 Å². The summed E-state index contributed by atoms with van der Waals surface area (Å²) in [7, 11) is 0. The van der Waals surface area contributed by atoms with Crippen LogP contribution < -0.4 is 4.90 Å². The number of nitrogens with zero attached hydrogens (tertiary/aromatic N) is 2. The van der Waals surface area contributed by atoms with Gasteiger partial charge in [-0.15, -0.1) is 0 Å². The first-order chi connectivity index (χ1) is 30.8. The standard InChI is InChI=1S/C60H40N2/c1-4-18-43(19-5-1)59-53-28-13-12-26-50(53)51-37-33-45(39-55(51)60(59)44-20-6-2-7-21-44)41-31-34-47(35-32-41)61(56-30-16-22-42-17-10-11-25-49(42)56)48-36-38-58-54(40-48)52-27-14-15-29-57(52)62(58)46-23-8-3-9-24-46/h1-40H. The number of aromatic nitrogens is 1. The Labute approximate surface area is 360 Å². The Bertz CT molecular complexity index is 3600. The Balaban J connectivity index is 1.04. The molecule has 0 aliphatic rings. The van der Waals surface area contributed by atoms with E-state index in [4.69, 9.17) is 0 Å². The van der Waals surface area contributed by atoms with E-state index in [1.54, 1.807) is 0 Å². The summed E-state index contributed by atoms with van der Waals surface area (Å²) in [5.41, 5.74) is 14.2. The monoisotopic (exact) mass is 788 g/mol. The summed E-state index contributed by atoms with van der Waals surface area (Å²) < 4.78 is 2.38. The molecule has 0 unspecified atom stereocenters. The average molecular weight is 789 g/mol. The van der Waals surface area contributed by atoms with Crippen molar-refractivity contribution >= 4 is 71.2 Å². The Kier molecular flexibility index (Phi) is 8.53. The molecule has 2 nitrogen and oxygen atoms in total. The van der Waals surface area contributed by atoms with E-state index in [-0.39, 0.29) is 0 Å². The fraction of sp³-hybridized carbons (Fsp3) is 0. The summed E-state index contributed by atoms with van der Waals surface area (Å²) >= 11 is 0. The van der Waals surface area contributed by atoms with E-state index in [1.807, 2.05) is 0 Å². The van der Waals surface area contributed by atoms with E-state index in [1.165, 1.54) is 87.5 Å². The second-order valence-corrected chi connectivity index (χ2v) is 16.1. The first-order valence-electron chi connectivity index (χ1n) is 21.3. The van der Waals surface area contributed by atoms with Crippen LogP contribution in [0.2, 0.25) is 0 Å². The van der Waals surface area contributed by atoms with Crippen molar-refractivity contribution in [2.45, 2.75) is 0 Å². The van der Waals surface area contributed by atoms with Gasteiger partial charge in [-0.25, -0.2) is 0 Å².